The maximum absolute atomic E-state index is 12.3. The van der Waals surface area contributed by atoms with E-state index >= 15 is 0 Å². The lowest BCUT2D eigenvalue weighted by Gasteiger charge is -2.15. The molecule has 0 aliphatic heterocycles. The highest BCUT2D eigenvalue weighted by atomic mass is 32.2. The van der Waals surface area contributed by atoms with Crippen molar-refractivity contribution in [3.05, 3.63) is 23.8 Å². The smallest absolute Gasteiger partial charge is 0.252 e. The predicted octanol–water partition coefficient (Wildman–Crippen LogP) is 2.00. The van der Waals surface area contributed by atoms with Crippen molar-refractivity contribution in [2.24, 2.45) is 5.14 Å². The molecule has 102 valence electrons. The van der Waals surface area contributed by atoms with Crippen LogP contribution in [0.3, 0.4) is 0 Å². The Morgan fingerprint density at radius 1 is 1.33 bits per heavy atom. The fraction of sp³-hybridized carbons (Fsp3) is 0.600. The molecule has 0 fully saturated rings. The molecule has 0 aliphatic carbocycles. The second-order valence-corrected chi connectivity index (χ2v) is 5.58. The third-order valence-electron chi connectivity index (χ3n) is 2.58. The molecule has 8 heteroatoms. The normalized spacial score (nSPS) is 17.2. The summed E-state index contributed by atoms with van der Waals surface area (Å²) in [5.74, 6) is -1.26. The predicted molar refractivity (Wildman–Crippen MR) is 61.9 cm³/mol. The van der Waals surface area contributed by atoms with Crippen molar-refractivity contribution >= 4 is 11.0 Å². The Morgan fingerprint density at radius 2 is 1.83 bits per heavy atom. The van der Waals surface area contributed by atoms with Gasteiger partial charge >= 0.3 is 6.18 Å². The summed E-state index contributed by atoms with van der Waals surface area (Å²) in [5, 5.41) is 5.00. The minimum atomic E-state index is -4.53. The van der Waals surface area contributed by atoms with Gasteiger partial charge in [-0.1, -0.05) is 6.92 Å². The van der Waals surface area contributed by atoms with Gasteiger partial charge in [-0.15, -0.1) is 0 Å². The Labute approximate surface area is 105 Å². The lowest BCUT2D eigenvalue weighted by molar-refractivity contribution is -0.145. The van der Waals surface area contributed by atoms with E-state index in [1.54, 1.807) is 13.8 Å². The molecular weight excluding hydrogens is 267 g/mol. The summed E-state index contributed by atoms with van der Waals surface area (Å²) >= 11 is 0. The summed E-state index contributed by atoms with van der Waals surface area (Å²) in [7, 11) is -1.44. The van der Waals surface area contributed by atoms with Crippen LogP contribution in [0.25, 0.3) is 0 Å². The number of halogens is 3. The first-order valence-corrected chi connectivity index (χ1v) is 6.53. The Hall–Kier alpha value is -1.02. The van der Waals surface area contributed by atoms with Crippen molar-refractivity contribution in [2.45, 2.75) is 37.6 Å². The maximum Gasteiger partial charge on any atom is 0.451 e. The van der Waals surface area contributed by atoms with Crippen LogP contribution in [-0.2, 0) is 17.2 Å². The first kappa shape index (κ1) is 15.0. The molecule has 1 heterocycles. The van der Waals surface area contributed by atoms with Crippen molar-refractivity contribution < 1.29 is 17.4 Å². The maximum atomic E-state index is 12.3. The quantitative estimate of drug-likeness (QED) is 0.917. The lowest BCUT2D eigenvalue weighted by Crippen LogP contribution is -2.20. The minimum Gasteiger partial charge on any atom is -0.252 e. The minimum absolute atomic E-state index is 0.102. The molecule has 0 radical (unpaired) electrons. The van der Waals surface area contributed by atoms with E-state index in [1.807, 2.05) is 0 Å². The number of aromatic nitrogens is 2. The van der Waals surface area contributed by atoms with Gasteiger partial charge in [-0.25, -0.2) is 14.2 Å². The zero-order valence-corrected chi connectivity index (χ0v) is 10.8. The van der Waals surface area contributed by atoms with Gasteiger partial charge in [0.05, 0.1) is 11.0 Å². The molecule has 1 rings (SSSR count). The van der Waals surface area contributed by atoms with Crippen molar-refractivity contribution in [1.29, 1.82) is 0 Å². The molecule has 0 amide bonds. The van der Waals surface area contributed by atoms with E-state index in [4.69, 9.17) is 5.14 Å². The Morgan fingerprint density at radius 3 is 2.22 bits per heavy atom. The van der Waals surface area contributed by atoms with Gasteiger partial charge in [0.25, 0.3) is 0 Å². The van der Waals surface area contributed by atoms with E-state index < -0.39 is 23.0 Å². The number of hydrogen-bond donors (Lipinski definition) is 1. The number of rotatable bonds is 4. The zero-order valence-electron chi connectivity index (χ0n) is 9.94. The van der Waals surface area contributed by atoms with Crippen LogP contribution >= 0.6 is 0 Å². The monoisotopic (exact) mass is 281 g/mol. The van der Waals surface area contributed by atoms with E-state index in [2.05, 4.69) is 9.97 Å². The fourth-order valence-corrected chi connectivity index (χ4v) is 1.95. The number of hydrogen-bond acceptors (Lipinski definition) is 3. The van der Waals surface area contributed by atoms with Gasteiger partial charge in [0.15, 0.2) is 0 Å². The Bertz CT molecular complexity index is 421. The summed E-state index contributed by atoms with van der Waals surface area (Å²) in [6.07, 6.45) is -1.75. The van der Waals surface area contributed by atoms with Crippen LogP contribution in [0.15, 0.2) is 12.4 Å². The summed E-state index contributed by atoms with van der Waals surface area (Å²) in [6.45, 7) is 3.52. The Kier molecular flexibility index (Phi) is 4.80. The molecule has 18 heavy (non-hydrogen) atoms. The van der Waals surface area contributed by atoms with Gasteiger partial charge in [-0.2, -0.15) is 13.2 Å². The SMILES string of the molecule is CC(C[C@H](C)c1cnc(C(F)(F)F)nc1)S(N)=O. The van der Waals surface area contributed by atoms with E-state index in [1.165, 1.54) is 0 Å². The second kappa shape index (κ2) is 5.75. The summed E-state index contributed by atoms with van der Waals surface area (Å²) < 4.78 is 47.8. The molecule has 0 aromatic carbocycles. The average Bonchev–Trinajstić information content (AvgIpc) is 2.27. The highest BCUT2D eigenvalue weighted by Gasteiger charge is 2.34. The third-order valence-corrected chi connectivity index (χ3v) is 3.56. The van der Waals surface area contributed by atoms with Crippen LogP contribution in [-0.4, -0.2) is 19.4 Å². The summed E-state index contributed by atoms with van der Waals surface area (Å²) in [5.41, 5.74) is 0.570. The number of nitrogens with two attached hydrogens (primary N) is 1. The lowest BCUT2D eigenvalue weighted by atomic mass is 9.99. The Balaban J connectivity index is 2.76. The second-order valence-electron chi connectivity index (χ2n) is 4.11. The average molecular weight is 281 g/mol. The van der Waals surface area contributed by atoms with Crippen LogP contribution in [0.4, 0.5) is 13.2 Å². The molecule has 2 unspecified atom stereocenters. The van der Waals surface area contributed by atoms with Crippen LogP contribution in [0.5, 0.6) is 0 Å². The highest BCUT2D eigenvalue weighted by molar-refractivity contribution is 7.83. The molecule has 0 saturated carbocycles. The highest BCUT2D eigenvalue weighted by Crippen LogP contribution is 2.27. The standard InChI is InChI=1S/C10H14F3N3OS/c1-6(3-7(2)18(14)17)8-4-15-9(16-5-8)10(11,12)13/h4-7H,3,14H2,1-2H3/t6-,7?,18?/m0/s1. The summed E-state index contributed by atoms with van der Waals surface area (Å²) in [4.78, 5) is 6.56. The van der Waals surface area contributed by atoms with Crippen LogP contribution in [0.1, 0.15) is 37.6 Å². The van der Waals surface area contributed by atoms with Gasteiger partial charge < -0.3 is 0 Å². The largest absolute Gasteiger partial charge is 0.451 e. The molecule has 1 aromatic heterocycles. The van der Waals surface area contributed by atoms with Crippen LogP contribution in [0.2, 0.25) is 0 Å². The first-order chi connectivity index (χ1) is 8.21. The van der Waals surface area contributed by atoms with E-state index in [9.17, 15) is 17.4 Å². The van der Waals surface area contributed by atoms with Gasteiger partial charge in [0, 0.05) is 17.6 Å². The zero-order chi connectivity index (χ0) is 13.9. The third kappa shape index (κ3) is 4.02. The molecule has 4 nitrogen and oxygen atoms in total. The van der Waals surface area contributed by atoms with Gasteiger partial charge in [0.2, 0.25) is 5.82 Å². The van der Waals surface area contributed by atoms with Gasteiger partial charge in [0.1, 0.15) is 0 Å². The number of alkyl halides is 3. The molecule has 0 saturated heterocycles. The fourth-order valence-electron chi connectivity index (χ4n) is 1.47. The van der Waals surface area contributed by atoms with Crippen molar-refractivity contribution in [3.63, 3.8) is 0 Å². The van der Waals surface area contributed by atoms with Crippen molar-refractivity contribution in [3.8, 4) is 0 Å². The van der Waals surface area contributed by atoms with Crippen molar-refractivity contribution in [2.75, 3.05) is 0 Å². The molecule has 0 bridgehead atoms. The molecular formula is C10H14F3N3OS. The molecule has 2 N–H and O–H groups in total. The first-order valence-electron chi connectivity index (χ1n) is 5.26. The molecule has 3 atom stereocenters. The topological polar surface area (TPSA) is 68.9 Å². The van der Waals surface area contributed by atoms with Gasteiger partial charge in [-0.05, 0) is 24.8 Å². The van der Waals surface area contributed by atoms with Crippen LogP contribution in [0, 0.1) is 0 Å². The molecule has 0 aliphatic rings. The van der Waals surface area contributed by atoms with E-state index in [0.717, 1.165) is 12.4 Å². The molecule has 1 aromatic rings. The van der Waals surface area contributed by atoms with Gasteiger partial charge in [-0.3, -0.25) is 5.14 Å². The molecule has 0 spiro atoms. The van der Waals surface area contributed by atoms with E-state index in [0.29, 0.717) is 12.0 Å². The van der Waals surface area contributed by atoms with Crippen LogP contribution < -0.4 is 5.14 Å². The number of nitrogens with zero attached hydrogens (tertiary/aromatic N) is 2. The van der Waals surface area contributed by atoms with E-state index in [-0.39, 0.29) is 11.2 Å². The summed E-state index contributed by atoms with van der Waals surface area (Å²) in [6, 6.07) is 0. The van der Waals surface area contributed by atoms with Crippen molar-refractivity contribution in [1.82, 2.24) is 9.97 Å².